The molecule has 0 unspecified atom stereocenters. The van der Waals surface area contributed by atoms with Crippen molar-refractivity contribution in [1.29, 1.82) is 0 Å². The van der Waals surface area contributed by atoms with Crippen LogP contribution in [0.5, 0.6) is 0 Å². The molecule has 2 heterocycles. The van der Waals surface area contributed by atoms with E-state index in [2.05, 4.69) is 4.98 Å². The fraction of sp³-hybridized carbons (Fsp3) is 0.600. The average molecular weight is 242 g/mol. The molecule has 88 valence electrons. The molecular weight excluding hydrogens is 228 g/mol. The molecule has 0 radical (unpaired) electrons. The summed E-state index contributed by atoms with van der Waals surface area (Å²) in [6, 6.07) is 0. The van der Waals surface area contributed by atoms with Crippen molar-refractivity contribution in [2.45, 2.75) is 13.0 Å². The molecule has 0 atom stereocenters. The molecule has 16 heavy (non-hydrogen) atoms. The molecule has 1 aliphatic heterocycles. The van der Waals surface area contributed by atoms with E-state index in [1.807, 2.05) is 5.51 Å². The lowest BCUT2D eigenvalue weighted by atomic mass is 10.2. The molecule has 1 aromatic rings. The van der Waals surface area contributed by atoms with Gasteiger partial charge < -0.3 is 14.4 Å². The smallest absolute Gasteiger partial charge is 0.410 e. The van der Waals surface area contributed by atoms with Gasteiger partial charge in [-0.3, -0.25) is 0 Å². The Hall–Kier alpha value is -1.14. The van der Waals surface area contributed by atoms with Crippen LogP contribution in [0.2, 0.25) is 0 Å². The zero-order chi connectivity index (χ0) is 11.4. The largest absolute Gasteiger partial charge is 0.447 e. The number of hydrogen-bond acceptors (Lipinski definition) is 5. The molecule has 1 aliphatic rings. The van der Waals surface area contributed by atoms with Gasteiger partial charge in [0, 0.05) is 25.0 Å². The number of fused-ring (bicyclic) bond motifs is 1. The number of nitrogens with zero attached hydrogens (tertiary/aromatic N) is 2. The molecule has 0 N–H and O–H groups in total. The molecule has 0 fully saturated rings. The summed E-state index contributed by atoms with van der Waals surface area (Å²) in [5.74, 6) is 0. The third-order valence-electron chi connectivity index (χ3n) is 2.45. The predicted octanol–water partition coefficient (Wildman–Crippen LogP) is 1.28. The van der Waals surface area contributed by atoms with Crippen molar-refractivity contribution in [2.24, 2.45) is 0 Å². The van der Waals surface area contributed by atoms with E-state index in [-0.39, 0.29) is 6.09 Å². The highest BCUT2D eigenvalue weighted by molar-refractivity contribution is 7.09. The van der Waals surface area contributed by atoms with E-state index in [1.165, 1.54) is 0 Å². The predicted molar refractivity (Wildman–Crippen MR) is 59.5 cm³/mol. The van der Waals surface area contributed by atoms with E-state index >= 15 is 0 Å². The number of amides is 1. The van der Waals surface area contributed by atoms with Gasteiger partial charge in [0.25, 0.3) is 0 Å². The van der Waals surface area contributed by atoms with Crippen LogP contribution in [0.3, 0.4) is 0 Å². The Morgan fingerprint density at radius 1 is 1.62 bits per heavy atom. The van der Waals surface area contributed by atoms with Gasteiger partial charge in [-0.1, -0.05) is 0 Å². The fourth-order valence-electron chi connectivity index (χ4n) is 1.58. The molecule has 1 amide bonds. The van der Waals surface area contributed by atoms with Crippen LogP contribution >= 0.6 is 11.3 Å². The summed E-state index contributed by atoms with van der Waals surface area (Å²) in [6.07, 6.45) is 0.550. The standard InChI is InChI=1S/C10H14N2O3S/c1-14-4-5-15-10(13)12-3-2-8-9(6-12)16-7-11-8/h7H,2-6H2,1H3. The van der Waals surface area contributed by atoms with Crippen molar-refractivity contribution in [3.63, 3.8) is 0 Å². The van der Waals surface area contributed by atoms with E-state index < -0.39 is 0 Å². The Bertz CT molecular complexity index is 367. The summed E-state index contributed by atoms with van der Waals surface area (Å²) in [5.41, 5.74) is 2.94. The maximum atomic E-state index is 11.6. The molecule has 0 saturated carbocycles. The minimum absolute atomic E-state index is 0.267. The van der Waals surface area contributed by atoms with Crippen LogP contribution in [0.15, 0.2) is 5.51 Å². The summed E-state index contributed by atoms with van der Waals surface area (Å²) < 4.78 is 9.88. The quantitative estimate of drug-likeness (QED) is 0.749. The summed E-state index contributed by atoms with van der Waals surface area (Å²) >= 11 is 1.59. The van der Waals surface area contributed by atoms with Crippen molar-refractivity contribution >= 4 is 17.4 Å². The highest BCUT2D eigenvalue weighted by atomic mass is 32.1. The van der Waals surface area contributed by atoms with Crippen LogP contribution in [0.1, 0.15) is 10.6 Å². The van der Waals surface area contributed by atoms with Gasteiger partial charge in [-0.2, -0.15) is 0 Å². The average Bonchev–Trinajstić information content (AvgIpc) is 2.76. The number of rotatable bonds is 3. The van der Waals surface area contributed by atoms with Gasteiger partial charge in [-0.15, -0.1) is 11.3 Å². The third kappa shape index (κ3) is 2.51. The van der Waals surface area contributed by atoms with Crippen LogP contribution < -0.4 is 0 Å². The normalized spacial score (nSPS) is 14.7. The van der Waals surface area contributed by atoms with Gasteiger partial charge in [0.1, 0.15) is 6.61 Å². The summed E-state index contributed by atoms with van der Waals surface area (Å²) in [7, 11) is 1.58. The van der Waals surface area contributed by atoms with Crippen molar-refractivity contribution in [3.05, 3.63) is 16.1 Å². The number of ether oxygens (including phenoxy) is 2. The maximum absolute atomic E-state index is 11.6. The Morgan fingerprint density at radius 3 is 3.31 bits per heavy atom. The maximum Gasteiger partial charge on any atom is 0.410 e. The second-order valence-corrected chi connectivity index (χ2v) is 4.44. The SMILES string of the molecule is COCCOC(=O)N1CCc2ncsc2C1. The lowest BCUT2D eigenvalue weighted by Crippen LogP contribution is -2.36. The minimum atomic E-state index is -0.267. The van der Waals surface area contributed by atoms with Crippen LogP contribution in [0.25, 0.3) is 0 Å². The molecule has 0 aromatic carbocycles. The van der Waals surface area contributed by atoms with Crippen molar-refractivity contribution in [1.82, 2.24) is 9.88 Å². The molecule has 6 heteroatoms. The summed E-state index contributed by atoms with van der Waals surface area (Å²) in [6.45, 7) is 2.04. The van der Waals surface area contributed by atoms with Crippen LogP contribution in [-0.2, 0) is 22.4 Å². The third-order valence-corrected chi connectivity index (χ3v) is 3.31. The minimum Gasteiger partial charge on any atom is -0.447 e. The number of carbonyl (C=O) groups excluding carboxylic acids is 1. The fourth-order valence-corrected chi connectivity index (χ4v) is 2.41. The van der Waals surface area contributed by atoms with Gasteiger partial charge >= 0.3 is 6.09 Å². The zero-order valence-electron chi connectivity index (χ0n) is 9.14. The highest BCUT2D eigenvalue weighted by Crippen LogP contribution is 2.21. The van der Waals surface area contributed by atoms with Gasteiger partial charge in [0.2, 0.25) is 0 Å². The first kappa shape index (κ1) is 11.3. The number of hydrogen-bond donors (Lipinski definition) is 0. The molecule has 5 nitrogen and oxygen atoms in total. The lowest BCUT2D eigenvalue weighted by molar-refractivity contribution is 0.0690. The van der Waals surface area contributed by atoms with Crippen molar-refractivity contribution < 1.29 is 14.3 Å². The molecule has 0 saturated heterocycles. The zero-order valence-corrected chi connectivity index (χ0v) is 9.96. The first-order chi connectivity index (χ1) is 7.81. The summed E-state index contributed by atoms with van der Waals surface area (Å²) in [4.78, 5) is 18.7. The van der Waals surface area contributed by atoms with E-state index in [0.717, 1.165) is 17.0 Å². The van der Waals surface area contributed by atoms with E-state index in [0.29, 0.717) is 26.3 Å². The molecule has 2 rings (SSSR count). The number of thiazole rings is 1. The van der Waals surface area contributed by atoms with Crippen LogP contribution in [-0.4, -0.2) is 42.8 Å². The van der Waals surface area contributed by atoms with E-state index in [4.69, 9.17) is 9.47 Å². The first-order valence-corrected chi connectivity index (χ1v) is 6.01. The molecule has 0 aliphatic carbocycles. The molecule has 1 aromatic heterocycles. The molecule has 0 spiro atoms. The number of aromatic nitrogens is 1. The van der Waals surface area contributed by atoms with E-state index in [9.17, 15) is 4.79 Å². The second kappa shape index (κ2) is 5.27. The van der Waals surface area contributed by atoms with Gasteiger partial charge in [-0.05, 0) is 0 Å². The Balaban J connectivity index is 1.86. The van der Waals surface area contributed by atoms with Crippen LogP contribution in [0, 0.1) is 0 Å². The highest BCUT2D eigenvalue weighted by Gasteiger charge is 2.23. The Labute approximate surface area is 98.0 Å². The number of carbonyl (C=O) groups is 1. The van der Waals surface area contributed by atoms with Gasteiger partial charge in [0.05, 0.1) is 24.4 Å². The van der Waals surface area contributed by atoms with Crippen molar-refractivity contribution in [3.8, 4) is 0 Å². The number of methoxy groups -OCH3 is 1. The Morgan fingerprint density at radius 2 is 2.50 bits per heavy atom. The van der Waals surface area contributed by atoms with E-state index in [1.54, 1.807) is 23.3 Å². The monoisotopic (exact) mass is 242 g/mol. The first-order valence-electron chi connectivity index (χ1n) is 5.13. The lowest BCUT2D eigenvalue weighted by Gasteiger charge is -2.25. The summed E-state index contributed by atoms with van der Waals surface area (Å²) in [5, 5.41) is 0. The molecule has 0 bridgehead atoms. The topological polar surface area (TPSA) is 51.7 Å². The van der Waals surface area contributed by atoms with Crippen LogP contribution in [0.4, 0.5) is 4.79 Å². The second-order valence-electron chi connectivity index (χ2n) is 3.50. The Kier molecular flexibility index (Phi) is 3.74. The van der Waals surface area contributed by atoms with Gasteiger partial charge in [-0.25, -0.2) is 9.78 Å². The van der Waals surface area contributed by atoms with Crippen molar-refractivity contribution in [2.75, 3.05) is 26.9 Å². The molecular formula is C10H14N2O3S. The van der Waals surface area contributed by atoms with Gasteiger partial charge in [0.15, 0.2) is 0 Å².